The van der Waals surface area contributed by atoms with E-state index in [1.54, 1.807) is 0 Å². The van der Waals surface area contributed by atoms with Crippen LogP contribution >= 0.6 is 23.2 Å². The average Bonchev–Trinajstić information content (AvgIpc) is 2.77. The number of hydrogen-bond acceptors (Lipinski definition) is 2. The molecule has 1 aromatic heterocycles. The third kappa shape index (κ3) is 4.41. The first-order valence-corrected chi connectivity index (χ1v) is 7.29. The van der Waals surface area contributed by atoms with Gasteiger partial charge < -0.3 is 15.0 Å². The van der Waals surface area contributed by atoms with Crippen LogP contribution < -0.4 is 10.1 Å². The Labute approximate surface area is 133 Å². The summed E-state index contributed by atoms with van der Waals surface area (Å²) in [5, 5.41) is 3.38. The van der Waals surface area contributed by atoms with Crippen molar-refractivity contribution in [3.8, 4) is 5.75 Å². The summed E-state index contributed by atoms with van der Waals surface area (Å²) in [5.41, 5.74) is 1.31. The van der Waals surface area contributed by atoms with Gasteiger partial charge in [0.1, 0.15) is 16.6 Å². The molecule has 1 aromatic carbocycles. The maximum absolute atomic E-state index is 11.9. The number of ether oxygens (including phenoxy) is 1. The molecule has 1 amide bonds. The van der Waals surface area contributed by atoms with Crippen molar-refractivity contribution >= 4 is 29.1 Å². The Morgan fingerprint density at radius 3 is 2.48 bits per heavy atom. The summed E-state index contributed by atoms with van der Waals surface area (Å²) in [6.45, 7) is 4.36. The van der Waals surface area contributed by atoms with Crippen LogP contribution in [0, 0.1) is 0 Å². The van der Waals surface area contributed by atoms with Crippen molar-refractivity contribution in [3.05, 3.63) is 51.8 Å². The Kier molecular flexibility index (Phi) is 5.15. The standard InChI is InChI=1S/C15H16Cl2N2O2/c1-9(2)21-11-5-3-10(4-6-11)8-18-15(20)13-7-12(16)14(17)19-13/h3-7,9,19H,8H2,1-2H3,(H,18,20). The van der Waals surface area contributed by atoms with Gasteiger partial charge in [0.05, 0.1) is 11.1 Å². The molecule has 0 aliphatic rings. The average molecular weight is 327 g/mol. The lowest BCUT2D eigenvalue weighted by Gasteiger charge is -2.10. The fourth-order valence-electron chi connectivity index (χ4n) is 1.76. The lowest BCUT2D eigenvalue weighted by molar-refractivity contribution is 0.0946. The van der Waals surface area contributed by atoms with Crippen LogP contribution in [0.2, 0.25) is 10.2 Å². The molecule has 1 heterocycles. The Hall–Kier alpha value is -1.65. The van der Waals surface area contributed by atoms with Crippen molar-refractivity contribution in [1.29, 1.82) is 0 Å². The summed E-state index contributed by atoms with van der Waals surface area (Å²) in [6.07, 6.45) is 0.137. The highest BCUT2D eigenvalue weighted by Gasteiger charge is 2.11. The van der Waals surface area contributed by atoms with E-state index in [0.717, 1.165) is 11.3 Å². The van der Waals surface area contributed by atoms with Gasteiger partial charge in [0.25, 0.3) is 5.91 Å². The van der Waals surface area contributed by atoms with Gasteiger partial charge in [-0.2, -0.15) is 0 Å². The molecule has 6 heteroatoms. The number of aromatic amines is 1. The van der Waals surface area contributed by atoms with E-state index in [1.165, 1.54) is 6.07 Å². The number of H-pyrrole nitrogens is 1. The van der Waals surface area contributed by atoms with Crippen LogP contribution in [0.5, 0.6) is 5.75 Å². The summed E-state index contributed by atoms with van der Waals surface area (Å²) >= 11 is 11.6. The smallest absolute Gasteiger partial charge is 0.268 e. The number of aromatic nitrogens is 1. The van der Waals surface area contributed by atoms with Crippen LogP contribution in [0.1, 0.15) is 29.9 Å². The Balaban J connectivity index is 1.92. The van der Waals surface area contributed by atoms with E-state index >= 15 is 0 Å². The lowest BCUT2D eigenvalue weighted by Crippen LogP contribution is -2.23. The molecule has 0 fully saturated rings. The molecule has 0 atom stereocenters. The zero-order valence-electron chi connectivity index (χ0n) is 11.7. The minimum Gasteiger partial charge on any atom is -0.491 e. The summed E-state index contributed by atoms with van der Waals surface area (Å²) in [5.74, 6) is 0.550. The summed E-state index contributed by atoms with van der Waals surface area (Å²) < 4.78 is 5.56. The first-order valence-electron chi connectivity index (χ1n) is 6.53. The fraction of sp³-hybridized carbons (Fsp3) is 0.267. The normalized spacial score (nSPS) is 10.7. The number of rotatable bonds is 5. The molecule has 0 saturated carbocycles. The zero-order chi connectivity index (χ0) is 15.4. The molecule has 0 spiro atoms. The highest BCUT2D eigenvalue weighted by atomic mass is 35.5. The molecule has 2 N–H and O–H groups in total. The summed E-state index contributed by atoms with van der Waals surface area (Å²) in [7, 11) is 0. The van der Waals surface area contributed by atoms with Gasteiger partial charge in [-0.3, -0.25) is 4.79 Å². The van der Waals surface area contributed by atoms with Crippen molar-refractivity contribution in [2.45, 2.75) is 26.5 Å². The predicted octanol–water partition coefficient (Wildman–Crippen LogP) is 4.04. The first kappa shape index (κ1) is 15.7. The third-order valence-electron chi connectivity index (χ3n) is 2.72. The second-order valence-corrected chi connectivity index (χ2v) is 5.62. The number of hydrogen-bond donors (Lipinski definition) is 2. The lowest BCUT2D eigenvalue weighted by atomic mass is 10.2. The van der Waals surface area contributed by atoms with Crippen LogP contribution in [-0.4, -0.2) is 17.0 Å². The van der Waals surface area contributed by atoms with E-state index in [1.807, 2.05) is 38.1 Å². The molecule has 4 nitrogen and oxygen atoms in total. The van der Waals surface area contributed by atoms with E-state index in [-0.39, 0.29) is 17.2 Å². The number of carbonyl (C=O) groups excluding carboxylic acids is 1. The number of amides is 1. The number of benzene rings is 1. The maximum atomic E-state index is 11.9. The van der Waals surface area contributed by atoms with E-state index < -0.39 is 0 Å². The minimum absolute atomic E-state index is 0.137. The van der Waals surface area contributed by atoms with Gasteiger partial charge in [-0.15, -0.1) is 0 Å². The quantitative estimate of drug-likeness (QED) is 0.871. The molecule has 2 aromatic rings. The van der Waals surface area contributed by atoms with Gasteiger partial charge >= 0.3 is 0 Å². The molecule has 0 aliphatic heterocycles. The van der Waals surface area contributed by atoms with Gasteiger partial charge in [0.15, 0.2) is 0 Å². The second-order valence-electron chi connectivity index (χ2n) is 4.84. The van der Waals surface area contributed by atoms with Crippen LogP contribution in [0.4, 0.5) is 0 Å². The van der Waals surface area contributed by atoms with Crippen LogP contribution in [0.25, 0.3) is 0 Å². The Bertz CT molecular complexity index is 602. The molecule has 0 unspecified atom stereocenters. The van der Waals surface area contributed by atoms with E-state index in [4.69, 9.17) is 27.9 Å². The SMILES string of the molecule is CC(C)Oc1ccc(CNC(=O)c2cc(Cl)c(Cl)[nH]2)cc1. The largest absolute Gasteiger partial charge is 0.491 e. The highest BCUT2D eigenvalue weighted by molar-refractivity contribution is 6.41. The van der Waals surface area contributed by atoms with Gasteiger partial charge in [0, 0.05) is 6.54 Å². The molecule has 21 heavy (non-hydrogen) atoms. The molecule has 2 rings (SSSR count). The second kappa shape index (κ2) is 6.87. The summed E-state index contributed by atoms with van der Waals surface area (Å²) in [4.78, 5) is 14.6. The predicted molar refractivity (Wildman–Crippen MR) is 84.2 cm³/mol. The van der Waals surface area contributed by atoms with E-state index in [0.29, 0.717) is 17.3 Å². The molecular weight excluding hydrogens is 311 g/mol. The van der Waals surface area contributed by atoms with Crippen LogP contribution in [0.15, 0.2) is 30.3 Å². The van der Waals surface area contributed by atoms with E-state index in [9.17, 15) is 4.79 Å². The number of carbonyl (C=O) groups is 1. The molecule has 0 saturated heterocycles. The number of nitrogens with one attached hydrogen (secondary N) is 2. The molecule has 112 valence electrons. The Morgan fingerprint density at radius 2 is 1.95 bits per heavy atom. The van der Waals surface area contributed by atoms with Crippen molar-refractivity contribution in [3.63, 3.8) is 0 Å². The van der Waals surface area contributed by atoms with Crippen molar-refractivity contribution in [2.24, 2.45) is 0 Å². The third-order valence-corrected chi connectivity index (χ3v) is 3.41. The van der Waals surface area contributed by atoms with Crippen molar-refractivity contribution in [2.75, 3.05) is 0 Å². The Morgan fingerprint density at radius 1 is 1.29 bits per heavy atom. The summed E-state index contributed by atoms with van der Waals surface area (Å²) in [6, 6.07) is 9.08. The van der Waals surface area contributed by atoms with Crippen LogP contribution in [-0.2, 0) is 6.54 Å². The maximum Gasteiger partial charge on any atom is 0.268 e. The zero-order valence-corrected chi connectivity index (χ0v) is 13.3. The topological polar surface area (TPSA) is 54.1 Å². The van der Waals surface area contributed by atoms with Crippen molar-refractivity contribution < 1.29 is 9.53 Å². The van der Waals surface area contributed by atoms with E-state index in [2.05, 4.69) is 10.3 Å². The molecule has 0 aliphatic carbocycles. The van der Waals surface area contributed by atoms with Gasteiger partial charge in [-0.05, 0) is 37.6 Å². The minimum atomic E-state index is -0.258. The first-order chi connectivity index (χ1) is 9.95. The molecule has 0 bridgehead atoms. The monoisotopic (exact) mass is 326 g/mol. The highest BCUT2D eigenvalue weighted by Crippen LogP contribution is 2.21. The molecule has 0 radical (unpaired) electrons. The van der Waals surface area contributed by atoms with Crippen molar-refractivity contribution in [1.82, 2.24) is 10.3 Å². The van der Waals surface area contributed by atoms with Gasteiger partial charge in [-0.25, -0.2) is 0 Å². The molecular formula is C15H16Cl2N2O2. The van der Waals surface area contributed by atoms with Gasteiger partial charge in [0.2, 0.25) is 0 Å². The van der Waals surface area contributed by atoms with Gasteiger partial charge in [-0.1, -0.05) is 35.3 Å². The number of halogens is 2. The van der Waals surface area contributed by atoms with Crippen LogP contribution in [0.3, 0.4) is 0 Å². The fourth-order valence-corrected chi connectivity index (χ4v) is 2.07.